The average molecular weight is 302 g/mol. The third-order valence-corrected chi connectivity index (χ3v) is 4.42. The molecule has 2 N–H and O–H groups in total. The van der Waals surface area contributed by atoms with E-state index in [0.29, 0.717) is 25.1 Å². The molecule has 0 spiro atoms. The van der Waals surface area contributed by atoms with Crippen molar-refractivity contribution >= 4 is 11.8 Å². The molecule has 1 heterocycles. The van der Waals surface area contributed by atoms with Gasteiger partial charge >= 0.3 is 0 Å². The number of hydrogen-bond donors (Lipinski definition) is 2. The fraction of sp³-hybridized carbons (Fsp3) is 0.500. The summed E-state index contributed by atoms with van der Waals surface area (Å²) in [4.78, 5) is 24.5. The summed E-state index contributed by atoms with van der Waals surface area (Å²) in [7, 11) is 0. The number of nitrogens with one attached hydrogen (secondary N) is 2. The van der Waals surface area contributed by atoms with Gasteiger partial charge in [0.05, 0.1) is 0 Å². The number of ether oxygens (including phenoxy) is 2. The van der Waals surface area contributed by atoms with Crippen LogP contribution in [-0.2, 0) is 16.1 Å². The quantitative estimate of drug-likeness (QED) is 0.798. The van der Waals surface area contributed by atoms with Gasteiger partial charge in [0.1, 0.15) is 5.41 Å². The lowest BCUT2D eigenvalue weighted by Gasteiger charge is -2.15. The molecule has 0 bridgehead atoms. The van der Waals surface area contributed by atoms with Crippen LogP contribution in [0.5, 0.6) is 11.5 Å². The normalized spacial score (nSPS) is 20.4. The Morgan fingerprint density at radius 3 is 2.64 bits per heavy atom. The summed E-state index contributed by atoms with van der Waals surface area (Å²) in [5.74, 6) is 1.12. The Balaban J connectivity index is 1.37. The van der Waals surface area contributed by atoms with Crippen LogP contribution in [0.15, 0.2) is 18.2 Å². The highest BCUT2D eigenvalue weighted by Crippen LogP contribution is 2.46. The van der Waals surface area contributed by atoms with E-state index in [0.717, 1.165) is 24.2 Å². The molecule has 2 amide bonds. The molecule has 2 fully saturated rings. The second-order valence-electron chi connectivity index (χ2n) is 6.20. The minimum absolute atomic E-state index is 0.113. The van der Waals surface area contributed by atoms with Crippen LogP contribution < -0.4 is 20.1 Å². The molecule has 1 aromatic rings. The number of fused-ring (bicyclic) bond motifs is 1. The van der Waals surface area contributed by atoms with Gasteiger partial charge < -0.3 is 20.1 Å². The first-order valence-electron chi connectivity index (χ1n) is 7.65. The maximum absolute atomic E-state index is 12.3. The highest BCUT2D eigenvalue weighted by atomic mass is 16.7. The minimum atomic E-state index is -0.834. The van der Waals surface area contributed by atoms with Gasteiger partial charge in [-0.15, -0.1) is 0 Å². The monoisotopic (exact) mass is 302 g/mol. The Kier molecular flexibility index (Phi) is 2.99. The number of rotatable bonds is 5. The maximum atomic E-state index is 12.3. The number of amides is 2. The summed E-state index contributed by atoms with van der Waals surface area (Å²) in [6.07, 6.45) is 3.33. The van der Waals surface area contributed by atoms with E-state index in [1.807, 2.05) is 18.2 Å². The van der Waals surface area contributed by atoms with E-state index < -0.39 is 5.41 Å². The van der Waals surface area contributed by atoms with Gasteiger partial charge in [-0.05, 0) is 43.4 Å². The van der Waals surface area contributed by atoms with Gasteiger partial charge in [0.2, 0.25) is 18.6 Å². The Labute approximate surface area is 128 Å². The lowest BCUT2D eigenvalue weighted by atomic mass is 10.0. The van der Waals surface area contributed by atoms with Crippen molar-refractivity contribution in [2.24, 2.45) is 5.41 Å². The lowest BCUT2D eigenvalue weighted by Crippen LogP contribution is -2.43. The molecular weight excluding hydrogens is 284 g/mol. The highest BCUT2D eigenvalue weighted by molar-refractivity contribution is 6.08. The van der Waals surface area contributed by atoms with Crippen molar-refractivity contribution in [3.8, 4) is 11.5 Å². The second kappa shape index (κ2) is 4.90. The van der Waals surface area contributed by atoms with Crippen molar-refractivity contribution in [3.05, 3.63) is 23.8 Å². The molecule has 0 atom stereocenters. The summed E-state index contributed by atoms with van der Waals surface area (Å²) in [6, 6.07) is 5.85. The highest BCUT2D eigenvalue weighted by Gasteiger charge is 2.57. The molecule has 116 valence electrons. The predicted octanol–water partition coefficient (Wildman–Crippen LogP) is 1.09. The summed E-state index contributed by atoms with van der Waals surface area (Å²) >= 11 is 0. The van der Waals surface area contributed by atoms with Gasteiger partial charge in [-0.2, -0.15) is 0 Å². The topological polar surface area (TPSA) is 76.7 Å². The summed E-state index contributed by atoms with van der Waals surface area (Å²) < 4.78 is 10.6. The van der Waals surface area contributed by atoms with E-state index in [2.05, 4.69) is 10.6 Å². The van der Waals surface area contributed by atoms with Crippen molar-refractivity contribution in [1.29, 1.82) is 0 Å². The summed E-state index contributed by atoms with van der Waals surface area (Å²) in [5, 5.41) is 5.80. The Hall–Kier alpha value is -2.24. The molecule has 6 nitrogen and oxygen atoms in total. The zero-order chi connectivity index (χ0) is 15.2. The summed E-state index contributed by atoms with van der Waals surface area (Å²) in [6.45, 7) is 0.615. The third-order valence-electron chi connectivity index (χ3n) is 4.42. The molecule has 1 aromatic carbocycles. The first-order chi connectivity index (χ1) is 10.7. The summed E-state index contributed by atoms with van der Waals surface area (Å²) in [5.41, 5.74) is 0.0925. The van der Waals surface area contributed by atoms with Gasteiger partial charge in [-0.1, -0.05) is 6.07 Å². The van der Waals surface area contributed by atoms with Crippen LogP contribution in [0.3, 0.4) is 0 Å². The molecule has 22 heavy (non-hydrogen) atoms. The molecule has 1 aliphatic heterocycles. The van der Waals surface area contributed by atoms with Gasteiger partial charge in [0, 0.05) is 12.6 Å². The first-order valence-corrected chi connectivity index (χ1v) is 7.65. The molecule has 6 heteroatoms. The van der Waals surface area contributed by atoms with E-state index >= 15 is 0 Å². The number of hydrogen-bond acceptors (Lipinski definition) is 4. The van der Waals surface area contributed by atoms with Crippen LogP contribution in [0.4, 0.5) is 0 Å². The largest absolute Gasteiger partial charge is 0.454 e. The molecular formula is C16H18N2O4. The SMILES string of the molecule is O=C(NCc1ccc2c(c1)OCO2)C1(C(=O)NC2CC2)CC1. The third kappa shape index (κ3) is 2.38. The molecule has 0 radical (unpaired) electrons. The molecule has 3 aliphatic rings. The molecule has 2 aliphatic carbocycles. The smallest absolute Gasteiger partial charge is 0.235 e. The second-order valence-corrected chi connectivity index (χ2v) is 6.20. The van der Waals surface area contributed by atoms with Gasteiger partial charge in [-0.25, -0.2) is 0 Å². The Bertz CT molecular complexity index is 635. The van der Waals surface area contributed by atoms with E-state index in [-0.39, 0.29) is 24.6 Å². The van der Waals surface area contributed by atoms with Crippen molar-refractivity contribution in [3.63, 3.8) is 0 Å². The fourth-order valence-corrected chi connectivity index (χ4v) is 2.64. The number of carbonyl (C=O) groups excluding carboxylic acids is 2. The minimum Gasteiger partial charge on any atom is -0.454 e. The Morgan fingerprint density at radius 1 is 1.14 bits per heavy atom. The van der Waals surface area contributed by atoms with Crippen LogP contribution in [0, 0.1) is 5.41 Å². The van der Waals surface area contributed by atoms with Crippen LogP contribution >= 0.6 is 0 Å². The predicted molar refractivity (Wildman–Crippen MR) is 77.2 cm³/mol. The fourth-order valence-electron chi connectivity index (χ4n) is 2.64. The van der Waals surface area contributed by atoms with Gasteiger partial charge in [0.25, 0.3) is 0 Å². The average Bonchev–Trinajstić information content (AvgIpc) is 3.43. The van der Waals surface area contributed by atoms with Crippen LogP contribution in [0.2, 0.25) is 0 Å². The molecule has 0 saturated heterocycles. The standard InChI is InChI=1S/C16H18N2O4/c19-14(16(5-6-16)15(20)18-11-2-3-11)17-8-10-1-4-12-13(7-10)22-9-21-12/h1,4,7,11H,2-3,5-6,8-9H2,(H,17,19)(H,18,20). The molecule has 0 aromatic heterocycles. The number of carbonyl (C=O) groups is 2. The van der Waals surface area contributed by atoms with Crippen molar-refractivity contribution in [2.45, 2.75) is 38.3 Å². The van der Waals surface area contributed by atoms with E-state index in [9.17, 15) is 9.59 Å². The zero-order valence-electron chi connectivity index (χ0n) is 12.2. The van der Waals surface area contributed by atoms with E-state index in [4.69, 9.17) is 9.47 Å². The van der Waals surface area contributed by atoms with Gasteiger partial charge in [0.15, 0.2) is 11.5 Å². The van der Waals surface area contributed by atoms with Crippen molar-refractivity contribution in [1.82, 2.24) is 10.6 Å². The van der Waals surface area contributed by atoms with Crippen molar-refractivity contribution in [2.75, 3.05) is 6.79 Å². The van der Waals surface area contributed by atoms with Crippen molar-refractivity contribution < 1.29 is 19.1 Å². The molecule has 2 saturated carbocycles. The number of benzene rings is 1. The van der Waals surface area contributed by atoms with Crippen LogP contribution in [-0.4, -0.2) is 24.6 Å². The van der Waals surface area contributed by atoms with E-state index in [1.54, 1.807) is 0 Å². The van der Waals surface area contributed by atoms with Crippen LogP contribution in [0.1, 0.15) is 31.2 Å². The Morgan fingerprint density at radius 2 is 1.91 bits per heavy atom. The maximum Gasteiger partial charge on any atom is 0.235 e. The zero-order valence-corrected chi connectivity index (χ0v) is 12.2. The molecule has 0 unspecified atom stereocenters. The lowest BCUT2D eigenvalue weighted by molar-refractivity contribution is -0.137. The van der Waals surface area contributed by atoms with E-state index in [1.165, 1.54) is 0 Å². The molecule has 4 rings (SSSR count). The first kappa shape index (κ1) is 13.4. The van der Waals surface area contributed by atoms with Gasteiger partial charge in [-0.3, -0.25) is 9.59 Å². The van der Waals surface area contributed by atoms with Crippen LogP contribution in [0.25, 0.3) is 0 Å².